The molecule has 2 aromatic rings. The highest BCUT2D eigenvalue weighted by Gasteiger charge is 2.13. The van der Waals surface area contributed by atoms with E-state index in [1.165, 1.54) is 16.7 Å². The van der Waals surface area contributed by atoms with Crippen molar-refractivity contribution in [2.24, 2.45) is 5.10 Å². The van der Waals surface area contributed by atoms with Crippen LogP contribution in [-0.4, -0.2) is 14.6 Å². The van der Waals surface area contributed by atoms with Crippen molar-refractivity contribution in [2.75, 3.05) is 0 Å². The second-order valence-corrected chi connectivity index (χ2v) is 7.87. The summed E-state index contributed by atoms with van der Waals surface area (Å²) in [5.41, 5.74) is 7.89. The molecule has 0 unspecified atom stereocenters. The van der Waals surface area contributed by atoms with Gasteiger partial charge >= 0.3 is 0 Å². The summed E-state index contributed by atoms with van der Waals surface area (Å²) in [6.45, 7) is 12.2. The molecule has 24 heavy (non-hydrogen) atoms. The zero-order valence-electron chi connectivity index (χ0n) is 15.1. The van der Waals surface area contributed by atoms with E-state index in [1.54, 1.807) is 30.5 Å². The van der Waals surface area contributed by atoms with Crippen LogP contribution in [-0.2, 0) is 10.0 Å². The molecule has 0 bridgehead atoms. The molecule has 0 atom stereocenters. The molecule has 2 aromatic carbocycles. The maximum atomic E-state index is 12.3. The van der Waals surface area contributed by atoms with E-state index in [9.17, 15) is 8.42 Å². The lowest BCUT2D eigenvalue weighted by Gasteiger charge is -2.16. The Morgan fingerprint density at radius 1 is 0.792 bits per heavy atom. The Morgan fingerprint density at radius 3 is 1.75 bits per heavy atom. The molecular weight excluding hydrogens is 320 g/mol. The van der Waals surface area contributed by atoms with Crippen LogP contribution in [0.15, 0.2) is 34.3 Å². The predicted molar refractivity (Wildman–Crippen MR) is 99.2 cm³/mol. The number of rotatable bonds is 4. The summed E-state index contributed by atoms with van der Waals surface area (Å²) in [5.74, 6) is 0. The smallest absolute Gasteiger partial charge is 0.200 e. The van der Waals surface area contributed by atoms with Crippen LogP contribution in [0.2, 0.25) is 0 Å². The van der Waals surface area contributed by atoms with E-state index in [4.69, 9.17) is 0 Å². The number of aryl methyl sites for hydroxylation is 1. The Hall–Kier alpha value is -2.14. The molecule has 0 aliphatic heterocycles. The number of hydrogen-bond donors (Lipinski definition) is 1. The topological polar surface area (TPSA) is 58.5 Å². The van der Waals surface area contributed by atoms with Crippen LogP contribution in [0.3, 0.4) is 0 Å². The molecule has 4 nitrogen and oxygen atoms in total. The van der Waals surface area contributed by atoms with Crippen molar-refractivity contribution in [2.45, 2.75) is 46.4 Å². The van der Waals surface area contributed by atoms with E-state index in [1.807, 2.05) is 20.8 Å². The maximum Gasteiger partial charge on any atom is 0.276 e. The SMILES string of the molecule is Cc1ccc(S(=O)(=O)NN=Cc2c(C)c(C)c(C)c(C)c2C)cc1. The minimum absolute atomic E-state index is 0.204. The van der Waals surface area contributed by atoms with Gasteiger partial charge in [-0.1, -0.05) is 17.7 Å². The van der Waals surface area contributed by atoms with Crippen LogP contribution in [0.25, 0.3) is 0 Å². The maximum absolute atomic E-state index is 12.3. The molecule has 0 radical (unpaired) electrons. The van der Waals surface area contributed by atoms with Gasteiger partial charge in [0.25, 0.3) is 10.0 Å². The van der Waals surface area contributed by atoms with Crippen LogP contribution >= 0.6 is 0 Å². The first-order valence-electron chi connectivity index (χ1n) is 7.83. The largest absolute Gasteiger partial charge is 0.276 e. The Balaban J connectivity index is 2.31. The van der Waals surface area contributed by atoms with Crippen molar-refractivity contribution in [1.29, 1.82) is 0 Å². The zero-order chi connectivity index (χ0) is 18.1. The van der Waals surface area contributed by atoms with Crippen LogP contribution in [0.5, 0.6) is 0 Å². The summed E-state index contributed by atoms with van der Waals surface area (Å²) in [6.07, 6.45) is 1.59. The highest BCUT2D eigenvalue weighted by atomic mass is 32.2. The fourth-order valence-electron chi connectivity index (χ4n) is 2.65. The van der Waals surface area contributed by atoms with Gasteiger partial charge in [0.1, 0.15) is 0 Å². The molecule has 1 N–H and O–H groups in total. The van der Waals surface area contributed by atoms with Crippen molar-refractivity contribution >= 4 is 16.2 Å². The molecule has 0 saturated heterocycles. The van der Waals surface area contributed by atoms with E-state index in [-0.39, 0.29) is 4.90 Å². The van der Waals surface area contributed by atoms with Gasteiger partial charge in [0.15, 0.2) is 0 Å². The van der Waals surface area contributed by atoms with Gasteiger partial charge in [-0.2, -0.15) is 13.5 Å². The Labute approximate surface area is 144 Å². The average Bonchev–Trinajstić information content (AvgIpc) is 2.54. The standard InChI is InChI=1S/C19H24N2O2S/c1-12-7-9-18(10-8-12)24(22,23)21-20-11-19-16(5)14(3)13(2)15(4)17(19)6/h7-11,21H,1-6H3. The second-order valence-electron chi connectivity index (χ2n) is 6.20. The summed E-state index contributed by atoms with van der Waals surface area (Å²) in [6, 6.07) is 6.67. The van der Waals surface area contributed by atoms with E-state index >= 15 is 0 Å². The number of benzene rings is 2. The highest BCUT2D eigenvalue weighted by Crippen LogP contribution is 2.24. The fraction of sp³-hybridized carbons (Fsp3) is 0.316. The Morgan fingerprint density at radius 2 is 1.25 bits per heavy atom. The molecule has 2 rings (SSSR count). The molecule has 0 aromatic heterocycles. The first-order valence-corrected chi connectivity index (χ1v) is 9.32. The molecule has 0 amide bonds. The van der Waals surface area contributed by atoms with Crippen LogP contribution in [0, 0.1) is 41.5 Å². The predicted octanol–water partition coefficient (Wildman–Crippen LogP) is 3.85. The highest BCUT2D eigenvalue weighted by molar-refractivity contribution is 7.89. The number of sulfonamides is 1. The molecule has 0 aliphatic rings. The van der Waals surface area contributed by atoms with Gasteiger partial charge in [-0.15, -0.1) is 0 Å². The van der Waals surface area contributed by atoms with E-state index in [0.29, 0.717) is 0 Å². The zero-order valence-corrected chi connectivity index (χ0v) is 15.9. The third kappa shape index (κ3) is 3.51. The fourth-order valence-corrected chi connectivity index (χ4v) is 3.44. The molecule has 0 spiro atoms. The molecule has 0 heterocycles. The van der Waals surface area contributed by atoms with E-state index in [0.717, 1.165) is 22.3 Å². The van der Waals surface area contributed by atoms with Gasteiger partial charge in [-0.05, 0) is 81.5 Å². The summed E-state index contributed by atoms with van der Waals surface area (Å²) in [7, 11) is -3.65. The summed E-state index contributed by atoms with van der Waals surface area (Å²) in [5, 5.41) is 3.98. The lowest BCUT2D eigenvalue weighted by molar-refractivity contribution is 0.584. The Kier molecular flexibility index (Phi) is 5.13. The number of hydrazone groups is 1. The van der Waals surface area contributed by atoms with Gasteiger partial charge in [-0.25, -0.2) is 4.83 Å². The van der Waals surface area contributed by atoms with Gasteiger partial charge in [-0.3, -0.25) is 0 Å². The normalized spacial score (nSPS) is 11.9. The second kappa shape index (κ2) is 6.77. The third-order valence-corrected chi connectivity index (χ3v) is 5.99. The van der Waals surface area contributed by atoms with Crippen LogP contribution in [0.4, 0.5) is 0 Å². The van der Waals surface area contributed by atoms with Crippen molar-refractivity contribution in [1.82, 2.24) is 4.83 Å². The number of nitrogens with zero attached hydrogens (tertiary/aromatic N) is 1. The van der Waals surface area contributed by atoms with Gasteiger partial charge in [0.2, 0.25) is 0 Å². The van der Waals surface area contributed by atoms with Gasteiger partial charge < -0.3 is 0 Å². The Bertz CT molecular complexity index is 867. The molecule has 128 valence electrons. The number of hydrogen-bond acceptors (Lipinski definition) is 3. The average molecular weight is 344 g/mol. The minimum Gasteiger partial charge on any atom is -0.200 e. The van der Waals surface area contributed by atoms with Crippen molar-refractivity contribution in [3.05, 3.63) is 63.2 Å². The lowest BCUT2D eigenvalue weighted by atomic mass is 9.90. The van der Waals surface area contributed by atoms with Gasteiger partial charge in [0.05, 0.1) is 11.1 Å². The molecule has 5 heteroatoms. The van der Waals surface area contributed by atoms with Crippen molar-refractivity contribution < 1.29 is 8.42 Å². The molecular formula is C19H24N2O2S. The van der Waals surface area contributed by atoms with Gasteiger partial charge in [0, 0.05) is 5.56 Å². The summed E-state index contributed by atoms with van der Waals surface area (Å²) < 4.78 is 24.5. The minimum atomic E-state index is -3.65. The van der Waals surface area contributed by atoms with Crippen LogP contribution < -0.4 is 4.83 Å². The quantitative estimate of drug-likeness (QED) is 0.676. The molecule has 0 fully saturated rings. The van der Waals surface area contributed by atoms with Crippen LogP contribution in [0.1, 0.15) is 38.9 Å². The molecule has 0 saturated carbocycles. The van der Waals surface area contributed by atoms with Crippen molar-refractivity contribution in [3.8, 4) is 0 Å². The first-order chi connectivity index (χ1) is 11.1. The van der Waals surface area contributed by atoms with E-state index < -0.39 is 10.0 Å². The monoisotopic (exact) mass is 344 g/mol. The number of nitrogens with one attached hydrogen (secondary N) is 1. The lowest BCUT2D eigenvalue weighted by Crippen LogP contribution is -2.18. The van der Waals surface area contributed by atoms with E-state index in [2.05, 4.69) is 30.7 Å². The summed E-state index contributed by atoms with van der Waals surface area (Å²) in [4.78, 5) is 2.50. The molecule has 0 aliphatic carbocycles. The summed E-state index contributed by atoms with van der Waals surface area (Å²) >= 11 is 0. The third-order valence-electron chi connectivity index (χ3n) is 4.76. The first kappa shape index (κ1) is 18.2. The van der Waals surface area contributed by atoms with Crippen molar-refractivity contribution in [3.63, 3.8) is 0 Å².